The van der Waals surface area contributed by atoms with Crippen LogP contribution < -0.4 is 10.2 Å². The Morgan fingerprint density at radius 2 is 1.63 bits per heavy atom. The molecule has 1 aliphatic rings. The smallest absolute Gasteiger partial charge is 0.316 e. The van der Waals surface area contributed by atoms with Crippen LogP contribution in [0.2, 0.25) is 0 Å². The summed E-state index contributed by atoms with van der Waals surface area (Å²) in [5, 5.41) is 2.97. The number of halogens is 1. The first kappa shape index (κ1) is 25.8. The molecule has 3 amide bonds. The van der Waals surface area contributed by atoms with Gasteiger partial charge in [0.15, 0.2) is 0 Å². The Bertz CT molecular complexity index is 1450. The summed E-state index contributed by atoms with van der Waals surface area (Å²) in [5.41, 5.74) is 5.64. The lowest BCUT2D eigenvalue weighted by atomic mass is 9.97. The van der Waals surface area contributed by atoms with Gasteiger partial charge in [-0.2, -0.15) is 0 Å². The predicted octanol–water partition coefficient (Wildman–Crippen LogP) is 7.32. The number of benzene rings is 3. The molecule has 1 N–H and O–H groups in total. The molecule has 0 radical (unpaired) electrons. The molecule has 0 saturated carbocycles. The van der Waals surface area contributed by atoms with Crippen LogP contribution in [-0.2, 0) is 4.79 Å². The lowest BCUT2D eigenvalue weighted by Crippen LogP contribution is -2.48. The number of rotatable bonds is 7. The van der Waals surface area contributed by atoms with Crippen LogP contribution in [0, 0.1) is 6.92 Å². The Kier molecular flexibility index (Phi) is 7.65. The van der Waals surface area contributed by atoms with E-state index in [-0.39, 0.29) is 24.5 Å². The Hall–Kier alpha value is -3.84. The Labute approximate surface area is 232 Å². The van der Waals surface area contributed by atoms with E-state index in [4.69, 9.17) is 0 Å². The van der Waals surface area contributed by atoms with Gasteiger partial charge in [-0.25, -0.2) is 4.79 Å². The highest BCUT2D eigenvalue weighted by molar-refractivity contribution is 9.10. The highest BCUT2D eigenvalue weighted by atomic mass is 79.9. The van der Waals surface area contributed by atoms with E-state index in [1.165, 1.54) is 0 Å². The molecule has 4 aromatic rings. The number of amides is 3. The van der Waals surface area contributed by atoms with Crippen molar-refractivity contribution in [1.29, 1.82) is 0 Å². The zero-order valence-corrected chi connectivity index (χ0v) is 23.2. The molecular formula is C31H31BrN4O2. The van der Waals surface area contributed by atoms with Gasteiger partial charge in [-0.15, -0.1) is 0 Å². The van der Waals surface area contributed by atoms with Gasteiger partial charge >= 0.3 is 6.03 Å². The number of aryl methyl sites for hydroxylation is 1. The number of para-hydroxylation sites is 3. The maximum atomic E-state index is 14.2. The number of nitrogens with one attached hydrogen (secondary N) is 1. The van der Waals surface area contributed by atoms with E-state index in [1.54, 1.807) is 4.90 Å². The van der Waals surface area contributed by atoms with E-state index in [1.807, 2.05) is 65.7 Å². The van der Waals surface area contributed by atoms with Crippen LogP contribution >= 0.6 is 15.9 Å². The van der Waals surface area contributed by atoms with E-state index >= 15 is 0 Å². The molecule has 0 aliphatic carbocycles. The number of nitrogens with zero attached hydrogens (tertiary/aromatic N) is 3. The minimum atomic E-state index is -0.313. The molecule has 0 bridgehead atoms. The highest BCUT2D eigenvalue weighted by Crippen LogP contribution is 2.42. The molecule has 0 fully saturated rings. The number of fused-ring (bicyclic) bond motifs is 3. The summed E-state index contributed by atoms with van der Waals surface area (Å²) in [4.78, 5) is 31.1. The van der Waals surface area contributed by atoms with Gasteiger partial charge in [-0.05, 0) is 71.2 Å². The van der Waals surface area contributed by atoms with Crippen LogP contribution in [0.15, 0.2) is 95.6 Å². The molecule has 1 atom stereocenters. The molecule has 1 aromatic heterocycles. The number of aromatic nitrogens is 1. The molecule has 1 unspecified atom stereocenters. The Balaban J connectivity index is 1.51. The second-order valence-electron chi connectivity index (χ2n) is 9.55. The average Bonchev–Trinajstić information content (AvgIpc) is 3.42. The van der Waals surface area contributed by atoms with Crippen molar-refractivity contribution in [2.24, 2.45) is 0 Å². The molecule has 0 saturated heterocycles. The second kappa shape index (κ2) is 11.3. The molecule has 1 aliphatic heterocycles. The molecule has 7 heteroatoms. The van der Waals surface area contributed by atoms with Crippen molar-refractivity contribution in [3.63, 3.8) is 0 Å². The summed E-state index contributed by atoms with van der Waals surface area (Å²) in [5.74, 6) is -0.131. The van der Waals surface area contributed by atoms with Crippen LogP contribution in [0.5, 0.6) is 0 Å². The van der Waals surface area contributed by atoms with Crippen LogP contribution in [0.3, 0.4) is 0 Å². The molecule has 6 nitrogen and oxygen atoms in total. The zero-order chi connectivity index (χ0) is 26.6. The summed E-state index contributed by atoms with van der Waals surface area (Å²) >= 11 is 3.50. The second-order valence-corrected chi connectivity index (χ2v) is 10.4. The minimum absolute atomic E-state index is 0.0340. The number of unbranched alkanes of at least 4 members (excludes halogenated alkanes) is 1. The number of urea groups is 1. The van der Waals surface area contributed by atoms with Crippen molar-refractivity contribution in [2.75, 3.05) is 23.3 Å². The van der Waals surface area contributed by atoms with Crippen molar-refractivity contribution in [3.05, 3.63) is 112 Å². The first-order valence-corrected chi connectivity index (χ1v) is 13.7. The quantitative estimate of drug-likeness (QED) is 0.253. The topological polar surface area (TPSA) is 57.6 Å². The first-order chi connectivity index (χ1) is 18.5. The van der Waals surface area contributed by atoms with Gasteiger partial charge < -0.3 is 14.8 Å². The largest absolute Gasteiger partial charge is 0.322 e. The number of carbonyl (C=O) groups is 2. The number of carbonyl (C=O) groups excluding carboxylic acids is 2. The van der Waals surface area contributed by atoms with Crippen molar-refractivity contribution in [1.82, 2.24) is 9.47 Å². The minimum Gasteiger partial charge on any atom is -0.316 e. The third-order valence-corrected chi connectivity index (χ3v) is 7.58. The summed E-state index contributed by atoms with van der Waals surface area (Å²) in [6, 6.07) is 27.2. The Morgan fingerprint density at radius 3 is 2.37 bits per heavy atom. The molecule has 3 aromatic carbocycles. The van der Waals surface area contributed by atoms with Crippen LogP contribution in [-0.4, -0.2) is 34.5 Å². The summed E-state index contributed by atoms with van der Waals surface area (Å²) in [6.45, 7) is 4.59. The summed E-state index contributed by atoms with van der Waals surface area (Å²) in [7, 11) is 0. The monoisotopic (exact) mass is 570 g/mol. The molecule has 0 spiro atoms. The van der Waals surface area contributed by atoms with Gasteiger partial charge in [0.1, 0.15) is 12.6 Å². The fraction of sp³-hybridized carbons (Fsp3) is 0.226. The highest BCUT2D eigenvalue weighted by Gasteiger charge is 2.37. The van der Waals surface area contributed by atoms with Crippen LogP contribution in [0.25, 0.3) is 5.69 Å². The van der Waals surface area contributed by atoms with E-state index in [2.05, 4.69) is 70.0 Å². The summed E-state index contributed by atoms with van der Waals surface area (Å²) < 4.78 is 2.94. The van der Waals surface area contributed by atoms with Gasteiger partial charge in [0, 0.05) is 17.2 Å². The standard InChI is InChI=1S/C31H31BrN4O2/c1-3-4-19-34(31(38)33-25-11-6-5-10-24(25)32)21-29(37)36-27-13-8-7-12-26(27)35-20-9-14-28(35)30(36)23-17-15-22(2)16-18-23/h5-18,20,30H,3-4,19,21H2,1-2H3,(H,33,38). The van der Waals surface area contributed by atoms with Crippen LogP contribution in [0.4, 0.5) is 16.2 Å². The molecular weight excluding hydrogens is 540 g/mol. The van der Waals surface area contributed by atoms with Crippen molar-refractivity contribution in [2.45, 2.75) is 32.7 Å². The van der Waals surface area contributed by atoms with Crippen molar-refractivity contribution < 1.29 is 9.59 Å². The fourth-order valence-corrected chi connectivity index (χ4v) is 5.31. The van der Waals surface area contributed by atoms with E-state index < -0.39 is 0 Å². The average molecular weight is 572 g/mol. The van der Waals surface area contributed by atoms with Crippen molar-refractivity contribution >= 4 is 39.2 Å². The first-order valence-electron chi connectivity index (χ1n) is 12.9. The Morgan fingerprint density at radius 1 is 0.921 bits per heavy atom. The van der Waals surface area contributed by atoms with E-state index in [9.17, 15) is 9.59 Å². The van der Waals surface area contributed by atoms with Gasteiger partial charge in [-0.3, -0.25) is 9.69 Å². The number of hydrogen-bond acceptors (Lipinski definition) is 2. The normalized spacial score (nSPS) is 14.0. The third-order valence-electron chi connectivity index (χ3n) is 6.89. The third kappa shape index (κ3) is 5.11. The maximum absolute atomic E-state index is 14.2. The number of hydrogen-bond donors (Lipinski definition) is 1. The van der Waals surface area contributed by atoms with Gasteiger partial charge in [0.2, 0.25) is 5.91 Å². The predicted molar refractivity (Wildman–Crippen MR) is 156 cm³/mol. The zero-order valence-electron chi connectivity index (χ0n) is 21.6. The number of anilines is 2. The molecule has 194 valence electrons. The van der Waals surface area contributed by atoms with E-state index in [0.717, 1.165) is 45.5 Å². The SMILES string of the molecule is CCCCN(CC(=O)N1c2ccccc2-n2cccc2C1c1ccc(C)cc1)C(=O)Nc1ccccc1Br. The van der Waals surface area contributed by atoms with E-state index in [0.29, 0.717) is 12.2 Å². The van der Waals surface area contributed by atoms with Crippen LogP contribution in [0.1, 0.15) is 42.6 Å². The molecule has 2 heterocycles. The molecule has 38 heavy (non-hydrogen) atoms. The van der Waals surface area contributed by atoms with Gasteiger partial charge in [0.05, 0.1) is 22.8 Å². The maximum Gasteiger partial charge on any atom is 0.322 e. The lowest BCUT2D eigenvalue weighted by molar-refractivity contribution is -0.119. The lowest BCUT2D eigenvalue weighted by Gasteiger charge is -2.39. The van der Waals surface area contributed by atoms with Gasteiger partial charge in [0.25, 0.3) is 0 Å². The molecule has 5 rings (SSSR count). The summed E-state index contributed by atoms with van der Waals surface area (Å²) in [6.07, 6.45) is 3.76. The van der Waals surface area contributed by atoms with Gasteiger partial charge in [-0.1, -0.05) is 67.4 Å². The van der Waals surface area contributed by atoms with Crippen molar-refractivity contribution in [3.8, 4) is 5.69 Å². The fourth-order valence-electron chi connectivity index (χ4n) is 4.92.